The Kier molecular flexibility index (Phi) is 5.94. The largest absolute Gasteiger partial charge is 0.493 e. The van der Waals surface area contributed by atoms with E-state index in [4.69, 9.17) is 18.6 Å². The molecule has 0 bridgehead atoms. The minimum Gasteiger partial charge on any atom is -0.493 e. The first kappa shape index (κ1) is 18.3. The van der Waals surface area contributed by atoms with E-state index in [2.05, 4.69) is 0 Å². The van der Waals surface area contributed by atoms with Gasteiger partial charge in [-0.1, -0.05) is 18.2 Å². The van der Waals surface area contributed by atoms with E-state index in [9.17, 15) is 4.79 Å². The van der Waals surface area contributed by atoms with Crippen LogP contribution < -0.4 is 14.2 Å². The second kappa shape index (κ2) is 8.76. The molecule has 0 aliphatic rings. The lowest BCUT2D eigenvalue weighted by molar-refractivity contribution is 0.104. The zero-order chi connectivity index (χ0) is 19.1. The van der Waals surface area contributed by atoms with E-state index in [0.717, 1.165) is 5.75 Å². The topological polar surface area (TPSA) is 57.9 Å². The summed E-state index contributed by atoms with van der Waals surface area (Å²) < 4.78 is 21.7. The molecule has 27 heavy (non-hydrogen) atoms. The van der Waals surface area contributed by atoms with Crippen LogP contribution in [0.3, 0.4) is 0 Å². The van der Waals surface area contributed by atoms with Gasteiger partial charge < -0.3 is 18.6 Å². The van der Waals surface area contributed by atoms with Crippen molar-refractivity contribution in [2.24, 2.45) is 0 Å². The second-order valence-electron chi connectivity index (χ2n) is 5.67. The Labute approximate surface area is 157 Å². The summed E-state index contributed by atoms with van der Waals surface area (Å²) >= 11 is 0. The van der Waals surface area contributed by atoms with Crippen molar-refractivity contribution >= 4 is 11.9 Å². The predicted octanol–water partition coefficient (Wildman–Crippen LogP) is 4.77. The summed E-state index contributed by atoms with van der Waals surface area (Å²) in [5.41, 5.74) is 0.503. The molecule has 0 aliphatic heterocycles. The number of hydrogen-bond donors (Lipinski definition) is 0. The van der Waals surface area contributed by atoms with Gasteiger partial charge in [-0.05, 0) is 54.6 Å². The highest BCUT2D eigenvalue weighted by atomic mass is 16.5. The molecule has 0 atom stereocenters. The second-order valence-corrected chi connectivity index (χ2v) is 5.67. The first-order valence-corrected chi connectivity index (χ1v) is 8.40. The van der Waals surface area contributed by atoms with Crippen LogP contribution in [0.4, 0.5) is 0 Å². The molecule has 5 nitrogen and oxygen atoms in total. The Morgan fingerprint density at radius 3 is 2.48 bits per heavy atom. The van der Waals surface area contributed by atoms with Crippen LogP contribution in [-0.4, -0.2) is 20.0 Å². The zero-order valence-electron chi connectivity index (χ0n) is 15.2. The van der Waals surface area contributed by atoms with Crippen LogP contribution in [0.5, 0.6) is 17.2 Å². The van der Waals surface area contributed by atoms with Crippen LogP contribution in [0.2, 0.25) is 0 Å². The molecule has 0 spiro atoms. The molecule has 0 N–H and O–H groups in total. The van der Waals surface area contributed by atoms with Gasteiger partial charge in [0.2, 0.25) is 0 Å². The van der Waals surface area contributed by atoms with Crippen molar-refractivity contribution in [2.45, 2.75) is 6.61 Å². The maximum atomic E-state index is 12.4. The fraction of sp³-hybridized carbons (Fsp3) is 0.136. The number of benzene rings is 2. The molecular weight excluding hydrogens is 344 g/mol. The molecule has 1 heterocycles. The molecule has 1 aromatic heterocycles. The maximum Gasteiger partial charge on any atom is 0.186 e. The van der Waals surface area contributed by atoms with Crippen LogP contribution in [-0.2, 0) is 6.61 Å². The zero-order valence-corrected chi connectivity index (χ0v) is 15.2. The van der Waals surface area contributed by atoms with E-state index in [-0.39, 0.29) is 5.78 Å². The summed E-state index contributed by atoms with van der Waals surface area (Å²) in [6, 6.07) is 18.2. The Morgan fingerprint density at radius 1 is 0.963 bits per heavy atom. The summed E-state index contributed by atoms with van der Waals surface area (Å²) in [5.74, 6) is 2.96. The third-order valence-electron chi connectivity index (χ3n) is 3.87. The van der Waals surface area contributed by atoms with Crippen molar-refractivity contribution in [1.82, 2.24) is 0 Å². The quantitative estimate of drug-likeness (QED) is 0.426. The van der Waals surface area contributed by atoms with Crippen LogP contribution in [0.25, 0.3) is 6.08 Å². The van der Waals surface area contributed by atoms with Gasteiger partial charge in [0.25, 0.3) is 0 Å². The number of ketones is 1. The smallest absolute Gasteiger partial charge is 0.186 e. The summed E-state index contributed by atoms with van der Waals surface area (Å²) in [7, 11) is 3.08. The number of rotatable bonds is 8. The predicted molar refractivity (Wildman–Crippen MR) is 102 cm³/mol. The molecular formula is C22H20O5. The molecule has 0 aliphatic carbocycles. The molecule has 3 aromatic rings. The van der Waals surface area contributed by atoms with E-state index in [1.54, 1.807) is 37.5 Å². The summed E-state index contributed by atoms with van der Waals surface area (Å²) in [6.07, 6.45) is 3.09. The van der Waals surface area contributed by atoms with E-state index in [0.29, 0.717) is 35.2 Å². The van der Waals surface area contributed by atoms with Crippen LogP contribution in [0, 0.1) is 0 Å². The van der Waals surface area contributed by atoms with Gasteiger partial charge in [0.05, 0.1) is 14.2 Å². The van der Waals surface area contributed by atoms with Crippen molar-refractivity contribution in [3.63, 3.8) is 0 Å². The molecule has 0 saturated heterocycles. The summed E-state index contributed by atoms with van der Waals surface area (Å²) in [4.78, 5) is 12.4. The maximum absolute atomic E-state index is 12.4. The standard InChI is InChI=1S/C22H20O5/c1-24-21-13-8-16(14-22(21)25-2)20(23)12-11-18-9-10-19(27-18)15-26-17-6-4-3-5-7-17/h3-14H,15H2,1-2H3/b12-11+. The fourth-order valence-corrected chi connectivity index (χ4v) is 2.48. The lowest BCUT2D eigenvalue weighted by Crippen LogP contribution is -1.97. The van der Waals surface area contributed by atoms with Crippen molar-refractivity contribution in [3.8, 4) is 17.2 Å². The average Bonchev–Trinajstić information content (AvgIpc) is 3.18. The molecule has 0 radical (unpaired) electrons. The lowest BCUT2D eigenvalue weighted by Gasteiger charge is -2.07. The van der Waals surface area contributed by atoms with Gasteiger partial charge in [-0.15, -0.1) is 0 Å². The third kappa shape index (κ3) is 4.79. The number of furan rings is 1. The van der Waals surface area contributed by atoms with Gasteiger partial charge in [0, 0.05) is 5.56 Å². The fourth-order valence-electron chi connectivity index (χ4n) is 2.48. The SMILES string of the molecule is COc1ccc(C(=O)/C=C/c2ccc(COc3ccccc3)o2)cc1OC. The van der Waals surface area contributed by atoms with Gasteiger partial charge >= 0.3 is 0 Å². The van der Waals surface area contributed by atoms with Crippen LogP contribution >= 0.6 is 0 Å². The van der Waals surface area contributed by atoms with Gasteiger partial charge in [-0.2, -0.15) is 0 Å². The van der Waals surface area contributed by atoms with E-state index < -0.39 is 0 Å². The number of carbonyl (C=O) groups is 1. The van der Waals surface area contributed by atoms with Crippen LogP contribution in [0.15, 0.2) is 71.2 Å². The Balaban J connectivity index is 1.62. The van der Waals surface area contributed by atoms with E-state index >= 15 is 0 Å². The molecule has 138 valence electrons. The summed E-state index contributed by atoms with van der Waals surface area (Å²) in [6.45, 7) is 0.321. The van der Waals surface area contributed by atoms with Crippen molar-refractivity contribution in [1.29, 1.82) is 0 Å². The van der Waals surface area contributed by atoms with Crippen LogP contribution in [0.1, 0.15) is 21.9 Å². The highest BCUT2D eigenvalue weighted by molar-refractivity contribution is 6.07. The molecule has 0 saturated carbocycles. The normalized spacial score (nSPS) is 10.7. The number of carbonyl (C=O) groups excluding carboxylic acids is 1. The number of ether oxygens (including phenoxy) is 3. The summed E-state index contributed by atoms with van der Waals surface area (Å²) in [5, 5.41) is 0. The lowest BCUT2D eigenvalue weighted by atomic mass is 10.1. The first-order chi connectivity index (χ1) is 13.2. The third-order valence-corrected chi connectivity index (χ3v) is 3.87. The molecule has 0 unspecified atom stereocenters. The van der Waals surface area contributed by atoms with Crippen molar-refractivity contribution < 1.29 is 23.4 Å². The van der Waals surface area contributed by atoms with Crippen molar-refractivity contribution in [2.75, 3.05) is 14.2 Å². The molecule has 0 amide bonds. The molecule has 0 fully saturated rings. The average molecular weight is 364 g/mol. The number of allylic oxidation sites excluding steroid dienone is 1. The monoisotopic (exact) mass is 364 g/mol. The first-order valence-electron chi connectivity index (χ1n) is 8.40. The van der Waals surface area contributed by atoms with E-state index in [1.807, 2.05) is 36.4 Å². The Hall–Kier alpha value is -3.47. The van der Waals surface area contributed by atoms with Gasteiger partial charge in [-0.3, -0.25) is 4.79 Å². The minimum atomic E-state index is -0.158. The number of para-hydroxylation sites is 1. The Bertz CT molecular complexity index is 925. The highest BCUT2D eigenvalue weighted by Gasteiger charge is 2.09. The van der Waals surface area contributed by atoms with Gasteiger partial charge in [0.1, 0.15) is 23.9 Å². The molecule has 2 aromatic carbocycles. The van der Waals surface area contributed by atoms with Gasteiger partial charge in [0.15, 0.2) is 17.3 Å². The van der Waals surface area contributed by atoms with Gasteiger partial charge in [-0.25, -0.2) is 0 Å². The van der Waals surface area contributed by atoms with E-state index in [1.165, 1.54) is 13.2 Å². The highest BCUT2D eigenvalue weighted by Crippen LogP contribution is 2.28. The minimum absolute atomic E-state index is 0.158. The number of hydrogen-bond acceptors (Lipinski definition) is 5. The molecule has 5 heteroatoms. The van der Waals surface area contributed by atoms with Crippen molar-refractivity contribution in [3.05, 3.63) is 83.8 Å². The molecule has 3 rings (SSSR count). The number of methoxy groups -OCH3 is 2. The Morgan fingerprint density at radius 2 is 1.74 bits per heavy atom.